The Morgan fingerprint density at radius 3 is 2.61 bits per heavy atom. The van der Waals surface area contributed by atoms with Crippen LogP contribution < -0.4 is 0 Å². The first-order chi connectivity index (χ1) is 18.5. The molecule has 0 amide bonds. The molecular weight excluding hydrogens is 485 g/mol. The van der Waals surface area contributed by atoms with Crippen molar-refractivity contribution in [3.05, 3.63) is 77.4 Å². The number of hydrogen-bond donors (Lipinski definition) is 0. The molecular formula is C29H28FN5O3. The predicted octanol–water partition coefficient (Wildman–Crippen LogP) is 5.24. The van der Waals surface area contributed by atoms with Crippen LogP contribution in [0.5, 0.6) is 0 Å². The van der Waals surface area contributed by atoms with Gasteiger partial charge in [-0.2, -0.15) is 0 Å². The minimum atomic E-state index is -0.714. The summed E-state index contributed by atoms with van der Waals surface area (Å²) < 4.78 is 30.7. The van der Waals surface area contributed by atoms with E-state index in [9.17, 15) is 4.79 Å². The first-order valence-corrected chi connectivity index (χ1v) is 12.7. The van der Waals surface area contributed by atoms with Gasteiger partial charge in [0.05, 0.1) is 46.7 Å². The van der Waals surface area contributed by atoms with Gasteiger partial charge < -0.3 is 14.0 Å². The Kier molecular flexibility index (Phi) is 6.15. The van der Waals surface area contributed by atoms with Crippen molar-refractivity contribution in [2.75, 3.05) is 20.3 Å². The van der Waals surface area contributed by atoms with E-state index < -0.39 is 11.8 Å². The third-order valence-electron chi connectivity index (χ3n) is 7.54. The molecule has 0 aliphatic carbocycles. The van der Waals surface area contributed by atoms with Gasteiger partial charge in [0.1, 0.15) is 0 Å². The van der Waals surface area contributed by atoms with E-state index in [4.69, 9.17) is 14.5 Å². The van der Waals surface area contributed by atoms with Gasteiger partial charge in [0.25, 0.3) is 0 Å². The number of aromatic nitrogens is 5. The first kappa shape index (κ1) is 24.2. The molecule has 0 saturated carbocycles. The summed E-state index contributed by atoms with van der Waals surface area (Å²) in [5.41, 5.74) is 5.19. The highest BCUT2D eigenvalue weighted by atomic mass is 19.1. The van der Waals surface area contributed by atoms with Gasteiger partial charge in [0, 0.05) is 37.4 Å². The Hall–Kier alpha value is -4.11. The van der Waals surface area contributed by atoms with Crippen LogP contribution in [-0.2, 0) is 16.5 Å². The lowest BCUT2D eigenvalue weighted by Gasteiger charge is -2.33. The third kappa shape index (κ3) is 3.85. The molecule has 1 atom stereocenters. The van der Waals surface area contributed by atoms with Crippen LogP contribution in [0, 0.1) is 18.7 Å². The van der Waals surface area contributed by atoms with Crippen LogP contribution in [0.15, 0.2) is 54.7 Å². The average molecular weight is 514 g/mol. The molecule has 8 nitrogen and oxygen atoms in total. The van der Waals surface area contributed by atoms with Crippen molar-refractivity contribution in [1.29, 1.82) is 0 Å². The molecule has 1 saturated heterocycles. The van der Waals surface area contributed by atoms with Crippen molar-refractivity contribution in [2.45, 2.75) is 25.8 Å². The van der Waals surface area contributed by atoms with Gasteiger partial charge in [-0.25, -0.2) is 13.9 Å². The van der Waals surface area contributed by atoms with Crippen LogP contribution in [0.1, 0.15) is 40.5 Å². The average Bonchev–Trinajstić information content (AvgIpc) is 3.46. The van der Waals surface area contributed by atoms with E-state index in [0.29, 0.717) is 29.6 Å². The van der Waals surface area contributed by atoms with Gasteiger partial charge in [0.2, 0.25) is 0 Å². The first-order valence-electron chi connectivity index (χ1n) is 12.7. The van der Waals surface area contributed by atoms with E-state index in [-0.39, 0.29) is 17.5 Å². The normalized spacial score (nSPS) is 15.3. The van der Waals surface area contributed by atoms with E-state index in [1.165, 1.54) is 13.2 Å². The number of hydrogen-bond acceptors (Lipinski definition) is 6. The van der Waals surface area contributed by atoms with Crippen molar-refractivity contribution >= 4 is 27.9 Å². The number of aryl methyl sites for hydroxylation is 2. The topological polar surface area (TPSA) is 84.1 Å². The molecule has 1 aliphatic rings. The molecule has 1 aliphatic heterocycles. The van der Waals surface area contributed by atoms with Crippen LogP contribution in [0.4, 0.5) is 4.39 Å². The van der Waals surface area contributed by atoms with Crippen molar-refractivity contribution in [2.24, 2.45) is 13.0 Å². The summed E-state index contributed by atoms with van der Waals surface area (Å²) in [5, 5.41) is 9.00. The Morgan fingerprint density at radius 1 is 1.16 bits per heavy atom. The maximum atomic E-state index is 16.4. The summed E-state index contributed by atoms with van der Waals surface area (Å²) in [7, 11) is 3.10. The SMILES string of the molecule is COC(=O)c1ccc2c3ncc(-c4c(C)nnn4C)cc3n(C(c3ccccc3)C3CCOCC3)c2c1F. The number of nitrogens with zero attached hydrogens (tertiary/aromatic N) is 5. The Balaban J connectivity index is 1.72. The molecule has 9 heteroatoms. The molecule has 1 fully saturated rings. The molecule has 0 bridgehead atoms. The number of benzene rings is 2. The second-order valence-electron chi connectivity index (χ2n) is 9.73. The minimum absolute atomic E-state index is 0.102. The molecule has 194 valence electrons. The summed E-state index contributed by atoms with van der Waals surface area (Å²) in [4.78, 5) is 17.3. The summed E-state index contributed by atoms with van der Waals surface area (Å²) in [6.07, 6.45) is 3.43. The lowest BCUT2D eigenvalue weighted by molar-refractivity contribution is 0.0552. The lowest BCUT2D eigenvalue weighted by Crippen LogP contribution is -2.27. The largest absolute Gasteiger partial charge is 0.465 e. The molecule has 4 heterocycles. The van der Waals surface area contributed by atoms with Crippen molar-refractivity contribution in [1.82, 2.24) is 24.5 Å². The number of halogens is 1. The monoisotopic (exact) mass is 513 g/mol. The van der Waals surface area contributed by atoms with Crippen molar-refractivity contribution in [3.63, 3.8) is 0 Å². The Morgan fingerprint density at radius 2 is 1.92 bits per heavy atom. The highest BCUT2D eigenvalue weighted by molar-refractivity contribution is 6.09. The number of pyridine rings is 1. The predicted molar refractivity (Wildman–Crippen MR) is 141 cm³/mol. The fourth-order valence-electron chi connectivity index (χ4n) is 5.81. The van der Waals surface area contributed by atoms with Crippen molar-refractivity contribution in [3.8, 4) is 11.3 Å². The van der Waals surface area contributed by atoms with Crippen LogP contribution in [-0.4, -0.2) is 50.8 Å². The number of esters is 1. The number of methoxy groups -OCH3 is 1. The third-order valence-corrected chi connectivity index (χ3v) is 7.54. The summed E-state index contributed by atoms with van der Waals surface area (Å²) in [6.45, 7) is 3.19. The molecule has 0 spiro atoms. The maximum Gasteiger partial charge on any atom is 0.340 e. The Bertz CT molecular complexity index is 1630. The van der Waals surface area contributed by atoms with Gasteiger partial charge in [0.15, 0.2) is 5.82 Å². The van der Waals surface area contributed by atoms with Crippen LogP contribution in [0.3, 0.4) is 0 Å². The second kappa shape index (κ2) is 9.64. The van der Waals surface area contributed by atoms with Gasteiger partial charge in [-0.15, -0.1) is 5.10 Å². The van der Waals surface area contributed by atoms with Gasteiger partial charge in [-0.1, -0.05) is 35.5 Å². The number of ether oxygens (including phenoxy) is 2. The molecule has 0 N–H and O–H groups in total. The molecule has 5 aromatic rings. The van der Waals surface area contributed by atoms with E-state index in [2.05, 4.69) is 22.4 Å². The fourth-order valence-corrected chi connectivity index (χ4v) is 5.81. The second-order valence-corrected chi connectivity index (χ2v) is 9.73. The smallest absolute Gasteiger partial charge is 0.340 e. The van der Waals surface area contributed by atoms with E-state index >= 15 is 4.39 Å². The highest BCUT2D eigenvalue weighted by Crippen LogP contribution is 2.42. The summed E-state index contributed by atoms with van der Waals surface area (Å²) in [5.74, 6) is -1.14. The molecule has 2 aromatic carbocycles. The Labute approximate surface area is 219 Å². The highest BCUT2D eigenvalue weighted by Gasteiger charge is 2.32. The van der Waals surface area contributed by atoms with E-state index in [1.807, 2.05) is 42.8 Å². The molecule has 6 rings (SSSR count). The number of fused-ring (bicyclic) bond motifs is 3. The number of carbonyl (C=O) groups excluding carboxylic acids is 1. The number of carbonyl (C=O) groups is 1. The summed E-state index contributed by atoms with van der Waals surface area (Å²) in [6, 6.07) is 15.2. The van der Waals surface area contributed by atoms with Crippen molar-refractivity contribution < 1.29 is 18.7 Å². The van der Waals surface area contributed by atoms with E-state index in [1.54, 1.807) is 16.9 Å². The molecule has 0 radical (unpaired) electrons. The number of rotatable bonds is 5. The molecule has 3 aromatic heterocycles. The fraction of sp³-hybridized carbons (Fsp3) is 0.310. The van der Waals surface area contributed by atoms with Crippen LogP contribution in [0.25, 0.3) is 33.2 Å². The minimum Gasteiger partial charge on any atom is -0.465 e. The lowest BCUT2D eigenvalue weighted by atomic mass is 9.86. The van der Waals surface area contributed by atoms with Gasteiger partial charge in [-0.05, 0) is 49.4 Å². The summed E-state index contributed by atoms with van der Waals surface area (Å²) >= 11 is 0. The van der Waals surface area contributed by atoms with Crippen LogP contribution >= 0.6 is 0 Å². The zero-order valence-electron chi connectivity index (χ0n) is 21.5. The molecule has 38 heavy (non-hydrogen) atoms. The van der Waals surface area contributed by atoms with E-state index in [0.717, 1.165) is 40.9 Å². The standard InChI is InChI=1S/C29H28FN5O3/c1-17-26(34(2)33-32-17)20-15-23-25(31-16-20)22-10-9-21(29(36)37-3)24(30)28(22)35(23)27(18-7-5-4-6-8-18)19-11-13-38-14-12-19/h4-10,15-16,19,27H,11-14H2,1-3H3. The van der Waals surface area contributed by atoms with Gasteiger partial charge in [-0.3, -0.25) is 4.98 Å². The zero-order chi connectivity index (χ0) is 26.4. The molecule has 1 unspecified atom stereocenters. The maximum absolute atomic E-state index is 16.4. The zero-order valence-corrected chi connectivity index (χ0v) is 21.5. The van der Waals surface area contributed by atoms with Gasteiger partial charge >= 0.3 is 5.97 Å². The quantitative estimate of drug-likeness (QED) is 0.299. The van der Waals surface area contributed by atoms with Crippen LogP contribution in [0.2, 0.25) is 0 Å².